The Bertz CT molecular complexity index is 760. The minimum atomic E-state index is -0.332. The van der Waals surface area contributed by atoms with Crippen LogP contribution in [0.5, 0.6) is 11.5 Å². The molecule has 1 amide bonds. The second-order valence-electron chi connectivity index (χ2n) is 5.85. The molecule has 0 aliphatic heterocycles. The number of halogens is 1. The zero-order chi connectivity index (χ0) is 18.9. The molecule has 2 aromatic carbocycles. The van der Waals surface area contributed by atoms with Crippen molar-refractivity contribution in [2.45, 2.75) is 26.2 Å². The van der Waals surface area contributed by atoms with Gasteiger partial charge in [-0.2, -0.15) is 5.10 Å². The molecule has 0 heterocycles. The maximum atomic E-state index is 11.9. The molecule has 0 aliphatic rings. The molecule has 0 aromatic heterocycles. The molecule has 2 rings (SSSR count). The highest BCUT2D eigenvalue weighted by atomic mass is 79.9. The Morgan fingerprint density at radius 2 is 2.00 bits per heavy atom. The van der Waals surface area contributed by atoms with E-state index in [2.05, 4.69) is 40.3 Å². The normalized spacial score (nSPS) is 12.0. The number of amides is 1. The summed E-state index contributed by atoms with van der Waals surface area (Å²) in [5.74, 6) is 1.51. The molecular formula is C20H23BrN2O3. The van der Waals surface area contributed by atoms with Gasteiger partial charge in [-0.1, -0.05) is 41.9 Å². The molecule has 0 radical (unpaired) electrons. The summed E-state index contributed by atoms with van der Waals surface area (Å²) in [7, 11) is 1.58. The van der Waals surface area contributed by atoms with Crippen LogP contribution in [0.4, 0.5) is 0 Å². The first-order chi connectivity index (χ1) is 12.5. The van der Waals surface area contributed by atoms with Crippen LogP contribution < -0.4 is 14.9 Å². The third-order valence-corrected chi connectivity index (χ3v) is 4.51. The first-order valence-corrected chi connectivity index (χ1v) is 9.21. The summed E-state index contributed by atoms with van der Waals surface area (Å²) in [5, 5.41) is 3.95. The van der Waals surface area contributed by atoms with Gasteiger partial charge in [0, 0.05) is 10.0 Å². The summed E-state index contributed by atoms with van der Waals surface area (Å²) in [5.41, 5.74) is 4.46. The van der Waals surface area contributed by atoms with Gasteiger partial charge in [0.05, 0.1) is 13.3 Å². The van der Waals surface area contributed by atoms with Crippen molar-refractivity contribution in [2.75, 3.05) is 13.7 Å². The van der Waals surface area contributed by atoms with Crippen LogP contribution in [0.3, 0.4) is 0 Å². The number of hydrogen-bond donors (Lipinski definition) is 1. The van der Waals surface area contributed by atoms with Crippen LogP contribution in [0.2, 0.25) is 0 Å². The van der Waals surface area contributed by atoms with E-state index < -0.39 is 0 Å². The predicted molar refractivity (Wildman–Crippen MR) is 107 cm³/mol. The fourth-order valence-corrected chi connectivity index (χ4v) is 2.67. The summed E-state index contributed by atoms with van der Waals surface area (Å²) >= 11 is 3.39. The van der Waals surface area contributed by atoms with Crippen LogP contribution in [0.15, 0.2) is 52.0 Å². The fourth-order valence-electron chi connectivity index (χ4n) is 2.29. The van der Waals surface area contributed by atoms with Crippen molar-refractivity contribution in [3.05, 3.63) is 58.1 Å². The van der Waals surface area contributed by atoms with E-state index in [9.17, 15) is 4.79 Å². The minimum absolute atomic E-state index is 0.102. The van der Waals surface area contributed by atoms with E-state index in [0.717, 1.165) is 16.5 Å². The third-order valence-electron chi connectivity index (χ3n) is 4.02. The van der Waals surface area contributed by atoms with Gasteiger partial charge in [0.1, 0.15) is 11.5 Å². The van der Waals surface area contributed by atoms with Crippen molar-refractivity contribution in [3.8, 4) is 11.5 Å². The largest absolute Gasteiger partial charge is 0.496 e. The van der Waals surface area contributed by atoms with Gasteiger partial charge in [-0.25, -0.2) is 5.43 Å². The quantitative estimate of drug-likeness (QED) is 0.506. The first-order valence-electron chi connectivity index (χ1n) is 8.41. The van der Waals surface area contributed by atoms with Crippen molar-refractivity contribution in [1.29, 1.82) is 0 Å². The van der Waals surface area contributed by atoms with E-state index in [1.807, 2.05) is 42.5 Å². The van der Waals surface area contributed by atoms with Crippen molar-refractivity contribution in [2.24, 2.45) is 5.10 Å². The molecule has 0 fully saturated rings. The van der Waals surface area contributed by atoms with Crippen molar-refractivity contribution < 1.29 is 14.3 Å². The van der Waals surface area contributed by atoms with Gasteiger partial charge in [0.2, 0.25) is 0 Å². The molecule has 1 N–H and O–H groups in total. The highest BCUT2D eigenvalue weighted by Gasteiger charge is 2.05. The SMILES string of the molecule is CCC(C)c1ccc(OCC(=O)NN=Cc2cc(Br)ccc2OC)cc1. The zero-order valence-corrected chi connectivity index (χ0v) is 16.7. The molecule has 26 heavy (non-hydrogen) atoms. The van der Waals surface area contributed by atoms with Gasteiger partial charge in [0.15, 0.2) is 6.61 Å². The Kier molecular flexibility index (Phi) is 7.66. The average Bonchev–Trinajstić information content (AvgIpc) is 2.66. The highest BCUT2D eigenvalue weighted by Crippen LogP contribution is 2.22. The lowest BCUT2D eigenvalue weighted by Crippen LogP contribution is -2.24. The maximum absolute atomic E-state index is 11.9. The van der Waals surface area contributed by atoms with E-state index in [0.29, 0.717) is 17.4 Å². The number of nitrogens with one attached hydrogen (secondary N) is 1. The first kappa shape index (κ1) is 20.0. The van der Waals surface area contributed by atoms with Gasteiger partial charge >= 0.3 is 0 Å². The highest BCUT2D eigenvalue weighted by molar-refractivity contribution is 9.10. The fraction of sp³-hybridized carbons (Fsp3) is 0.300. The Morgan fingerprint density at radius 1 is 1.27 bits per heavy atom. The van der Waals surface area contributed by atoms with Gasteiger partial charge in [-0.3, -0.25) is 4.79 Å². The van der Waals surface area contributed by atoms with E-state index in [4.69, 9.17) is 9.47 Å². The van der Waals surface area contributed by atoms with Crippen molar-refractivity contribution in [1.82, 2.24) is 5.43 Å². The Morgan fingerprint density at radius 3 is 2.65 bits per heavy atom. The lowest BCUT2D eigenvalue weighted by molar-refractivity contribution is -0.123. The molecular weight excluding hydrogens is 396 g/mol. The van der Waals surface area contributed by atoms with Crippen molar-refractivity contribution in [3.63, 3.8) is 0 Å². The van der Waals surface area contributed by atoms with Gasteiger partial charge in [-0.15, -0.1) is 0 Å². The average molecular weight is 419 g/mol. The monoisotopic (exact) mass is 418 g/mol. The Hall–Kier alpha value is -2.34. The minimum Gasteiger partial charge on any atom is -0.496 e. The lowest BCUT2D eigenvalue weighted by Gasteiger charge is -2.10. The van der Waals surface area contributed by atoms with E-state index in [-0.39, 0.29) is 12.5 Å². The second kappa shape index (κ2) is 9.97. The molecule has 138 valence electrons. The molecule has 0 aliphatic carbocycles. The Balaban J connectivity index is 1.85. The lowest BCUT2D eigenvalue weighted by atomic mass is 9.99. The summed E-state index contributed by atoms with van der Waals surface area (Å²) in [6.45, 7) is 4.24. The number of benzene rings is 2. The summed E-state index contributed by atoms with van der Waals surface area (Å²) in [4.78, 5) is 11.9. The molecule has 2 aromatic rings. The molecule has 1 atom stereocenters. The van der Waals surface area contributed by atoms with Crippen LogP contribution in [-0.4, -0.2) is 25.8 Å². The molecule has 1 unspecified atom stereocenters. The van der Waals surface area contributed by atoms with Crippen LogP contribution in [-0.2, 0) is 4.79 Å². The third kappa shape index (κ3) is 5.88. The molecule has 0 saturated heterocycles. The van der Waals surface area contributed by atoms with Crippen molar-refractivity contribution >= 4 is 28.1 Å². The molecule has 5 nitrogen and oxygen atoms in total. The number of rotatable bonds is 8. The summed E-state index contributed by atoms with van der Waals surface area (Å²) in [6.07, 6.45) is 2.62. The number of hydrogen-bond acceptors (Lipinski definition) is 4. The van der Waals surface area contributed by atoms with E-state index in [1.165, 1.54) is 11.8 Å². The molecule has 0 saturated carbocycles. The maximum Gasteiger partial charge on any atom is 0.277 e. The predicted octanol–water partition coefficient (Wildman–Crippen LogP) is 4.50. The number of hydrazone groups is 1. The Labute approximate surface area is 162 Å². The summed E-state index contributed by atoms with van der Waals surface area (Å²) in [6, 6.07) is 13.4. The number of methoxy groups -OCH3 is 1. The smallest absolute Gasteiger partial charge is 0.277 e. The number of carbonyl (C=O) groups excluding carboxylic acids is 1. The van der Waals surface area contributed by atoms with Gasteiger partial charge in [0.25, 0.3) is 5.91 Å². The molecule has 6 heteroatoms. The van der Waals surface area contributed by atoms with E-state index >= 15 is 0 Å². The van der Waals surface area contributed by atoms with Crippen LogP contribution >= 0.6 is 15.9 Å². The van der Waals surface area contributed by atoms with E-state index in [1.54, 1.807) is 7.11 Å². The second-order valence-corrected chi connectivity index (χ2v) is 6.76. The van der Waals surface area contributed by atoms with Gasteiger partial charge in [-0.05, 0) is 48.2 Å². The van der Waals surface area contributed by atoms with Crippen LogP contribution in [0.25, 0.3) is 0 Å². The van der Waals surface area contributed by atoms with Gasteiger partial charge < -0.3 is 9.47 Å². The number of nitrogens with zero attached hydrogens (tertiary/aromatic N) is 1. The molecule has 0 spiro atoms. The standard InChI is InChI=1S/C20H23BrN2O3/c1-4-14(2)15-5-8-18(9-6-15)26-13-20(24)23-22-12-16-11-17(21)7-10-19(16)25-3/h5-12,14H,4,13H2,1-3H3,(H,23,24). The molecule has 0 bridgehead atoms. The number of carbonyl (C=O) groups is 1. The van der Waals surface area contributed by atoms with Crippen LogP contribution in [0, 0.1) is 0 Å². The topological polar surface area (TPSA) is 59.9 Å². The van der Waals surface area contributed by atoms with Crippen LogP contribution in [0.1, 0.15) is 37.3 Å². The number of ether oxygens (including phenoxy) is 2. The summed E-state index contributed by atoms with van der Waals surface area (Å²) < 4.78 is 11.6. The zero-order valence-electron chi connectivity index (χ0n) is 15.2.